The van der Waals surface area contributed by atoms with Crippen molar-refractivity contribution in [2.24, 2.45) is 5.92 Å². The molecule has 1 amide bonds. The third-order valence-corrected chi connectivity index (χ3v) is 4.61. The minimum absolute atomic E-state index is 0.241. The van der Waals surface area contributed by atoms with Gasteiger partial charge in [-0.15, -0.1) is 11.3 Å². The molecular formula is C13H17F3N2O2S. The monoisotopic (exact) mass is 322 g/mol. The fourth-order valence-electron chi connectivity index (χ4n) is 2.44. The first-order valence-corrected chi connectivity index (χ1v) is 7.72. The number of rotatable bonds is 4. The van der Waals surface area contributed by atoms with Crippen molar-refractivity contribution in [1.82, 2.24) is 10.3 Å². The molecule has 1 aromatic rings. The van der Waals surface area contributed by atoms with E-state index in [1.165, 1.54) is 0 Å². The second-order valence-electron chi connectivity index (χ2n) is 5.14. The van der Waals surface area contributed by atoms with Crippen LogP contribution in [0.3, 0.4) is 0 Å². The Hall–Kier alpha value is -1.15. The maximum atomic E-state index is 12.6. The number of aliphatic hydroxyl groups is 1. The van der Waals surface area contributed by atoms with Crippen LogP contribution in [0.25, 0.3) is 0 Å². The maximum absolute atomic E-state index is 12.6. The molecule has 118 valence electrons. The molecule has 1 heterocycles. The highest BCUT2D eigenvalue weighted by atomic mass is 32.1. The van der Waals surface area contributed by atoms with Crippen molar-refractivity contribution in [3.05, 3.63) is 16.1 Å². The van der Waals surface area contributed by atoms with Gasteiger partial charge < -0.3 is 10.4 Å². The average molecular weight is 322 g/mol. The van der Waals surface area contributed by atoms with Crippen LogP contribution >= 0.6 is 11.3 Å². The van der Waals surface area contributed by atoms with E-state index in [1.54, 1.807) is 6.92 Å². The Morgan fingerprint density at radius 3 is 2.76 bits per heavy atom. The minimum Gasteiger partial charge on any atom is -0.392 e. The van der Waals surface area contributed by atoms with E-state index in [9.17, 15) is 23.1 Å². The van der Waals surface area contributed by atoms with E-state index >= 15 is 0 Å². The fraction of sp³-hybridized carbons (Fsp3) is 0.692. The lowest BCUT2D eigenvalue weighted by molar-refractivity contribution is -0.140. The van der Waals surface area contributed by atoms with Crippen LogP contribution < -0.4 is 5.32 Å². The van der Waals surface area contributed by atoms with Crippen molar-refractivity contribution in [3.63, 3.8) is 0 Å². The summed E-state index contributed by atoms with van der Waals surface area (Å²) in [6, 6.07) is -0.550. The number of halogens is 3. The van der Waals surface area contributed by atoms with Gasteiger partial charge in [-0.1, -0.05) is 6.92 Å². The van der Waals surface area contributed by atoms with Crippen molar-refractivity contribution in [1.29, 1.82) is 0 Å². The predicted molar refractivity (Wildman–Crippen MR) is 71.6 cm³/mol. The van der Waals surface area contributed by atoms with Crippen molar-refractivity contribution in [2.45, 2.75) is 50.9 Å². The first-order valence-electron chi connectivity index (χ1n) is 6.84. The lowest BCUT2D eigenvalue weighted by Gasteiger charge is -2.19. The average Bonchev–Trinajstić information content (AvgIpc) is 3.03. The minimum atomic E-state index is -4.47. The molecule has 4 nitrogen and oxygen atoms in total. The Kier molecular flexibility index (Phi) is 4.88. The topological polar surface area (TPSA) is 62.2 Å². The van der Waals surface area contributed by atoms with Crippen molar-refractivity contribution < 1.29 is 23.1 Å². The highest BCUT2D eigenvalue weighted by Gasteiger charge is 2.36. The maximum Gasteiger partial charge on any atom is 0.434 e. The van der Waals surface area contributed by atoms with Gasteiger partial charge >= 0.3 is 6.18 Å². The molecule has 21 heavy (non-hydrogen) atoms. The number of aliphatic hydroxyl groups excluding tert-OH is 1. The summed E-state index contributed by atoms with van der Waals surface area (Å²) in [5.74, 6) is -0.781. The van der Waals surface area contributed by atoms with E-state index in [0.717, 1.165) is 23.1 Å². The summed E-state index contributed by atoms with van der Waals surface area (Å²) in [6.45, 7) is 1.77. The highest BCUT2D eigenvalue weighted by Crippen LogP contribution is 2.33. The van der Waals surface area contributed by atoms with Crippen LogP contribution in [0, 0.1) is 5.92 Å². The number of nitrogens with one attached hydrogen (secondary N) is 1. The number of hydrogen-bond donors (Lipinski definition) is 2. The molecule has 0 aromatic carbocycles. The molecular weight excluding hydrogens is 305 g/mol. The zero-order valence-electron chi connectivity index (χ0n) is 11.5. The van der Waals surface area contributed by atoms with Crippen LogP contribution in [-0.4, -0.2) is 22.1 Å². The summed E-state index contributed by atoms with van der Waals surface area (Å²) in [6.07, 6.45) is -2.72. The quantitative estimate of drug-likeness (QED) is 0.896. The Labute approximate surface area is 124 Å². The van der Waals surface area contributed by atoms with Crippen LogP contribution in [0.1, 0.15) is 49.4 Å². The summed E-state index contributed by atoms with van der Waals surface area (Å²) in [4.78, 5) is 15.7. The van der Waals surface area contributed by atoms with E-state index in [1.807, 2.05) is 0 Å². The standard InChI is InChI=1S/C13H17F3N2O2S/c1-2-8(12-18-10(6-21-12)13(14,15)16)17-11(20)7-4-3-5-9(7)19/h6-9,19H,2-5H2,1H3,(H,17,20). The first kappa shape index (κ1) is 16.2. The van der Waals surface area contributed by atoms with Gasteiger partial charge in [-0.25, -0.2) is 4.98 Å². The molecule has 0 aliphatic heterocycles. The zero-order chi connectivity index (χ0) is 15.6. The smallest absolute Gasteiger partial charge is 0.392 e. The van der Waals surface area contributed by atoms with Gasteiger partial charge in [0.2, 0.25) is 5.91 Å². The van der Waals surface area contributed by atoms with E-state index < -0.39 is 29.9 Å². The number of alkyl halides is 3. The highest BCUT2D eigenvalue weighted by molar-refractivity contribution is 7.09. The molecule has 1 aromatic heterocycles. The van der Waals surface area contributed by atoms with Gasteiger partial charge in [0.25, 0.3) is 0 Å². The van der Waals surface area contributed by atoms with Crippen molar-refractivity contribution in [3.8, 4) is 0 Å². The molecule has 2 N–H and O–H groups in total. The molecule has 0 saturated heterocycles. The van der Waals surface area contributed by atoms with Crippen LogP contribution in [0.5, 0.6) is 0 Å². The third kappa shape index (κ3) is 3.74. The Morgan fingerprint density at radius 2 is 2.29 bits per heavy atom. The molecule has 3 unspecified atom stereocenters. The number of carbonyl (C=O) groups is 1. The molecule has 1 aliphatic carbocycles. The van der Waals surface area contributed by atoms with Crippen molar-refractivity contribution >= 4 is 17.2 Å². The van der Waals surface area contributed by atoms with Gasteiger partial charge in [0.05, 0.1) is 18.1 Å². The van der Waals surface area contributed by atoms with Crippen molar-refractivity contribution in [2.75, 3.05) is 0 Å². The van der Waals surface area contributed by atoms with Gasteiger partial charge in [0, 0.05) is 5.38 Å². The van der Waals surface area contributed by atoms with E-state index in [0.29, 0.717) is 19.3 Å². The van der Waals surface area contributed by atoms with E-state index in [4.69, 9.17) is 0 Å². The second-order valence-corrected chi connectivity index (χ2v) is 6.03. The molecule has 0 radical (unpaired) electrons. The summed E-state index contributed by atoms with van der Waals surface area (Å²) >= 11 is 0.886. The fourth-order valence-corrected chi connectivity index (χ4v) is 3.40. The predicted octanol–water partition coefficient (Wildman–Crippen LogP) is 2.89. The molecule has 1 fully saturated rings. The lowest BCUT2D eigenvalue weighted by atomic mass is 10.0. The molecule has 1 aliphatic rings. The second kappa shape index (κ2) is 6.31. The molecule has 1 saturated carbocycles. The largest absolute Gasteiger partial charge is 0.434 e. The van der Waals surface area contributed by atoms with Gasteiger partial charge in [0.15, 0.2) is 5.69 Å². The van der Waals surface area contributed by atoms with Crippen LogP contribution in [-0.2, 0) is 11.0 Å². The number of hydrogen-bond acceptors (Lipinski definition) is 4. The Morgan fingerprint density at radius 1 is 1.57 bits per heavy atom. The Bertz CT molecular complexity index is 504. The zero-order valence-corrected chi connectivity index (χ0v) is 12.3. The van der Waals surface area contributed by atoms with Crippen LogP contribution in [0.2, 0.25) is 0 Å². The van der Waals surface area contributed by atoms with Crippen LogP contribution in [0.4, 0.5) is 13.2 Å². The van der Waals surface area contributed by atoms with Gasteiger partial charge in [-0.3, -0.25) is 4.79 Å². The lowest BCUT2D eigenvalue weighted by Crippen LogP contribution is -2.37. The molecule has 2 rings (SSSR count). The normalized spacial score (nSPS) is 24.0. The number of aromatic nitrogens is 1. The number of nitrogens with zero attached hydrogens (tertiary/aromatic N) is 1. The summed E-state index contributed by atoms with van der Waals surface area (Å²) in [7, 11) is 0. The van der Waals surface area contributed by atoms with E-state index in [-0.39, 0.29) is 10.9 Å². The summed E-state index contributed by atoms with van der Waals surface area (Å²) in [5, 5.41) is 13.6. The first-order chi connectivity index (χ1) is 9.82. The Balaban J connectivity index is 2.06. The van der Waals surface area contributed by atoms with Crippen LogP contribution in [0.15, 0.2) is 5.38 Å². The summed E-state index contributed by atoms with van der Waals surface area (Å²) in [5.41, 5.74) is -0.934. The number of amides is 1. The molecule has 3 atom stereocenters. The van der Waals surface area contributed by atoms with E-state index in [2.05, 4.69) is 10.3 Å². The van der Waals surface area contributed by atoms with Gasteiger partial charge in [-0.05, 0) is 25.7 Å². The molecule has 0 spiro atoms. The summed E-state index contributed by atoms with van der Waals surface area (Å²) < 4.78 is 37.7. The molecule has 8 heteroatoms. The number of thiazole rings is 1. The molecule has 0 bridgehead atoms. The third-order valence-electron chi connectivity index (χ3n) is 3.65. The van der Waals surface area contributed by atoms with Gasteiger partial charge in [-0.2, -0.15) is 13.2 Å². The van der Waals surface area contributed by atoms with Gasteiger partial charge in [0.1, 0.15) is 5.01 Å². The number of carbonyl (C=O) groups excluding carboxylic acids is 1. The SMILES string of the molecule is CCC(NC(=O)C1CCCC1O)c1nc(C(F)(F)F)cs1.